The molecule has 0 spiro atoms. The summed E-state index contributed by atoms with van der Waals surface area (Å²) in [7, 11) is 1.55. The van der Waals surface area contributed by atoms with Crippen LogP contribution in [-0.4, -0.2) is 30.4 Å². The number of allylic oxidation sites excluding steroid dienone is 1. The number of benzene rings is 2. The Morgan fingerprint density at radius 3 is 2.61 bits per heavy atom. The Morgan fingerprint density at radius 2 is 1.95 bits per heavy atom. The zero-order chi connectivity index (χ0) is 27.6. The second-order valence-corrected chi connectivity index (χ2v) is 11.5. The normalized spacial score (nSPS) is 15.2. The van der Waals surface area contributed by atoms with Crippen LogP contribution in [0.3, 0.4) is 0 Å². The highest BCUT2D eigenvalue weighted by atomic mass is 79.9. The van der Waals surface area contributed by atoms with E-state index in [2.05, 4.69) is 43.4 Å². The zero-order valence-electron chi connectivity index (χ0n) is 21.3. The summed E-state index contributed by atoms with van der Waals surface area (Å²) in [5, 5.41) is 0. The summed E-state index contributed by atoms with van der Waals surface area (Å²) >= 11 is 8.30. The molecule has 0 aliphatic carbocycles. The lowest BCUT2D eigenvalue weighted by Gasteiger charge is -2.26. The van der Waals surface area contributed by atoms with Gasteiger partial charge in [-0.1, -0.05) is 46.0 Å². The maximum absolute atomic E-state index is 13.9. The molecule has 1 atom stereocenters. The van der Waals surface area contributed by atoms with Crippen LogP contribution in [0.1, 0.15) is 37.9 Å². The summed E-state index contributed by atoms with van der Waals surface area (Å²) in [5.41, 5.74) is 1.96. The van der Waals surface area contributed by atoms with E-state index in [1.54, 1.807) is 50.7 Å². The minimum Gasteiger partial charge on any atom is -0.496 e. The summed E-state index contributed by atoms with van der Waals surface area (Å²) in [5.74, 6) is 0.687. The van der Waals surface area contributed by atoms with Crippen LogP contribution in [0.25, 0.3) is 6.08 Å². The molecule has 0 unspecified atom stereocenters. The average molecular weight is 662 g/mol. The molecule has 38 heavy (non-hydrogen) atoms. The van der Waals surface area contributed by atoms with Gasteiger partial charge in [-0.15, -0.1) is 0 Å². The van der Waals surface area contributed by atoms with Crippen molar-refractivity contribution < 1.29 is 19.0 Å². The van der Waals surface area contributed by atoms with Crippen molar-refractivity contribution >= 4 is 55.2 Å². The molecule has 1 aliphatic rings. The Morgan fingerprint density at radius 1 is 1.21 bits per heavy atom. The van der Waals surface area contributed by atoms with Gasteiger partial charge >= 0.3 is 5.97 Å². The fourth-order valence-electron chi connectivity index (χ4n) is 4.10. The first-order valence-electron chi connectivity index (χ1n) is 11.7. The monoisotopic (exact) mass is 660 g/mol. The number of nitrogens with zero attached hydrogens (tertiary/aromatic N) is 2. The first kappa shape index (κ1) is 28.1. The molecular formula is C28H26Br2N2O5S. The van der Waals surface area contributed by atoms with Gasteiger partial charge < -0.3 is 14.2 Å². The largest absolute Gasteiger partial charge is 0.496 e. The third kappa shape index (κ3) is 5.72. The molecule has 7 nitrogen and oxygen atoms in total. The number of rotatable bonds is 8. The lowest BCUT2D eigenvalue weighted by Crippen LogP contribution is -2.40. The average Bonchev–Trinajstić information content (AvgIpc) is 3.16. The van der Waals surface area contributed by atoms with Crippen LogP contribution >= 0.6 is 43.2 Å². The van der Waals surface area contributed by atoms with Crippen molar-refractivity contribution in [2.45, 2.75) is 32.9 Å². The van der Waals surface area contributed by atoms with Gasteiger partial charge in [0.2, 0.25) is 0 Å². The lowest BCUT2D eigenvalue weighted by molar-refractivity contribution is -0.143. The van der Waals surface area contributed by atoms with Crippen LogP contribution in [0, 0.1) is 0 Å². The fraction of sp³-hybridized carbons (Fsp3) is 0.250. The number of thiazole rings is 1. The third-order valence-electron chi connectivity index (χ3n) is 5.68. The highest BCUT2D eigenvalue weighted by molar-refractivity contribution is 9.10. The molecule has 1 aromatic heterocycles. The molecule has 0 saturated heterocycles. The molecule has 10 heteroatoms. The molecule has 3 aromatic rings. The molecule has 4 rings (SSSR count). The number of carbonyl (C=O) groups excluding carboxylic acids is 1. The van der Waals surface area contributed by atoms with Crippen LogP contribution in [0.15, 0.2) is 79.1 Å². The Labute approximate surface area is 241 Å². The summed E-state index contributed by atoms with van der Waals surface area (Å²) in [4.78, 5) is 32.3. The van der Waals surface area contributed by atoms with Crippen LogP contribution in [0.4, 0.5) is 0 Å². The Bertz CT molecular complexity index is 1620. The van der Waals surface area contributed by atoms with E-state index in [-0.39, 0.29) is 11.7 Å². The van der Waals surface area contributed by atoms with Crippen molar-refractivity contribution in [3.63, 3.8) is 0 Å². The molecule has 1 aliphatic heterocycles. The number of carbonyl (C=O) groups is 1. The highest BCUT2D eigenvalue weighted by Crippen LogP contribution is 2.37. The van der Waals surface area contributed by atoms with Crippen LogP contribution in [-0.2, 0) is 9.53 Å². The van der Waals surface area contributed by atoms with Gasteiger partial charge in [0.15, 0.2) is 4.80 Å². The summed E-state index contributed by atoms with van der Waals surface area (Å²) < 4.78 is 20.4. The molecule has 0 fully saturated rings. The maximum Gasteiger partial charge on any atom is 0.338 e. The standard InChI is InChI=1S/C28H26Br2N2O5S/c1-6-11-36-22-9-7-17(12-20(22)30)13-23-26(33)32-25(19-14-18(29)8-10-21(19)35-5)24(27(34)37-15(2)3)16(4)31-28(32)38-23/h6-10,12-15,25H,1,11H2,2-5H3/b23-13-/t25-/m1/s1. The molecule has 2 heterocycles. The van der Waals surface area contributed by atoms with Crippen molar-refractivity contribution in [3.05, 3.63) is 100 Å². The number of halogens is 2. The van der Waals surface area contributed by atoms with E-state index in [9.17, 15) is 9.59 Å². The van der Waals surface area contributed by atoms with Gasteiger partial charge in [0.1, 0.15) is 24.1 Å². The molecule has 0 amide bonds. The predicted molar refractivity (Wildman–Crippen MR) is 156 cm³/mol. The summed E-state index contributed by atoms with van der Waals surface area (Å²) in [6.45, 7) is 9.37. The van der Waals surface area contributed by atoms with Gasteiger partial charge in [-0.05, 0) is 78.7 Å². The Kier molecular flexibility index (Phi) is 8.74. The van der Waals surface area contributed by atoms with Crippen molar-refractivity contribution in [2.75, 3.05) is 13.7 Å². The first-order chi connectivity index (χ1) is 18.1. The number of methoxy groups -OCH3 is 1. The number of aromatic nitrogens is 1. The van der Waals surface area contributed by atoms with E-state index >= 15 is 0 Å². The number of hydrogen-bond acceptors (Lipinski definition) is 7. The molecule has 2 aromatic carbocycles. The van der Waals surface area contributed by atoms with Gasteiger partial charge in [0.25, 0.3) is 5.56 Å². The van der Waals surface area contributed by atoms with Crippen LogP contribution in [0.5, 0.6) is 11.5 Å². The van der Waals surface area contributed by atoms with E-state index in [1.165, 1.54) is 11.3 Å². The molecule has 0 saturated carbocycles. The second-order valence-electron chi connectivity index (χ2n) is 8.71. The van der Waals surface area contributed by atoms with Crippen LogP contribution in [0.2, 0.25) is 0 Å². The summed E-state index contributed by atoms with van der Waals surface area (Å²) in [6, 6.07) is 10.3. The number of hydrogen-bond donors (Lipinski definition) is 0. The first-order valence-corrected chi connectivity index (χ1v) is 14.1. The van der Waals surface area contributed by atoms with Crippen LogP contribution < -0.4 is 24.4 Å². The minimum atomic E-state index is -0.784. The zero-order valence-corrected chi connectivity index (χ0v) is 25.3. The van der Waals surface area contributed by atoms with Gasteiger partial charge in [-0.2, -0.15) is 0 Å². The van der Waals surface area contributed by atoms with E-state index in [4.69, 9.17) is 14.2 Å². The topological polar surface area (TPSA) is 79.1 Å². The van der Waals surface area contributed by atoms with E-state index in [0.717, 1.165) is 14.5 Å². The van der Waals surface area contributed by atoms with Crippen molar-refractivity contribution in [1.82, 2.24) is 4.57 Å². The molecule has 0 bridgehead atoms. The predicted octanol–water partition coefficient (Wildman–Crippen LogP) is 5.29. The lowest BCUT2D eigenvalue weighted by atomic mass is 9.95. The fourth-order valence-corrected chi connectivity index (χ4v) is 6.03. The maximum atomic E-state index is 13.9. The molecule has 0 N–H and O–H groups in total. The van der Waals surface area contributed by atoms with Gasteiger partial charge in [0, 0.05) is 10.0 Å². The summed E-state index contributed by atoms with van der Waals surface area (Å²) in [6.07, 6.45) is 3.13. The third-order valence-corrected chi connectivity index (χ3v) is 7.78. The molecule has 0 radical (unpaired) electrons. The van der Waals surface area contributed by atoms with Gasteiger partial charge in [-0.25, -0.2) is 9.79 Å². The smallest absolute Gasteiger partial charge is 0.338 e. The number of fused-ring (bicyclic) bond motifs is 1. The highest BCUT2D eigenvalue weighted by Gasteiger charge is 2.35. The minimum absolute atomic E-state index is 0.272. The molecular weight excluding hydrogens is 636 g/mol. The Hall–Kier alpha value is -2.95. The molecule has 198 valence electrons. The van der Waals surface area contributed by atoms with Crippen molar-refractivity contribution in [3.8, 4) is 11.5 Å². The number of esters is 1. The Balaban J connectivity index is 1.92. The van der Waals surface area contributed by atoms with Crippen molar-refractivity contribution in [1.29, 1.82) is 0 Å². The van der Waals surface area contributed by atoms with E-state index in [1.807, 2.05) is 30.3 Å². The van der Waals surface area contributed by atoms with Gasteiger partial charge in [0.05, 0.1) is 33.5 Å². The number of ether oxygens (including phenoxy) is 3. The van der Waals surface area contributed by atoms with E-state index in [0.29, 0.717) is 44.3 Å². The SMILES string of the molecule is C=CCOc1ccc(/C=c2\sc3n(c2=O)[C@H](c2cc(Br)ccc2OC)C(C(=O)OC(C)C)=C(C)N=3)cc1Br. The van der Waals surface area contributed by atoms with Crippen molar-refractivity contribution in [2.24, 2.45) is 4.99 Å². The van der Waals surface area contributed by atoms with E-state index < -0.39 is 12.0 Å². The van der Waals surface area contributed by atoms with Gasteiger partial charge in [-0.3, -0.25) is 9.36 Å². The quantitative estimate of drug-likeness (QED) is 0.242. The second kappa shape index (κ2) is 11.8.